The third-order valence-corrected chi connectivity index (χ3v) is 3.13. The quantitative estimate of drug-likeness (QED) is 0.534. The normalized spacial score (nSPS) is 11.6. The van der Waals surface area contributed by atoms with E-state index in [1.165, 1.54) is 6.92 Å². The molecule has 0 N–H and O–H groups in total. The molecule has 0 unspecified atom stereocenters. The number of pyridine rings is 1. The van der Waals surface area contributed by atoms with Gasteiger partial charge in [-0.2, -0.15) is 0 Å². The van der Waals surface area contributed by atoms with Crippen molar-refractivity contribution in [1.82, 2.24) is 4.57 Å². The molecule has 0 saturated heterocycles. The van der Waals surface area contributed by atoms with Crippen molar-refractivity contribution in [2.75, 3.05) is 0 Å². The second-order valence-corrected chi connectivity index (χ2v) is 4.60. The molecule has 0 aliphatic heterocycles. The van der Waals surface area contributed by atoms with Crippen LogP contribution in [0.5, 0.6) is 0 Å². The number of benzene rings is 2. The van der Waals surface area contributed by atoms with Gasteiger partial charge in [-0.1, -0.05) is 41.6 Å². The van der Waals surface area contributed by atoms with E-state index >= 15 is 0 Å². The van der Waals surface area contributed by atoms with Crippen LogP contribution in [0, 0.1) is 0 Å². The fraction of sp³-hybridized carbons (Fsp3) is 0.0588. The highest BCUT2D eigenvalue weighted by Gasteiger charge is 2.03. The van der Waals surface area contributed by atoms with Crippen LogP contribution in [0.4, 0.5) is 0 Å². The van der Waals surface area contributed by atoms with Crippen molar-refractivity contribution in [3.8, 4) is 5.69 Å². The van der Waals surface area contributed by atoms with E-state index in [1.807, 2.05) is 66.9 Å². The summed E-state index contributed by atoms with van der Waals surface area (Å²) in [6.07, 6.45) is 1.92. The van der Waals surface area contributed by atoms with E-state index in [2.05, 4.69) is 9.72 Å². The maximum absolute atomic E-state index is 10.9. The van der Waals surface area contributed by atoms with Crippen LogP contribution < -0.4 is 5.36 Å². The molecule has 0 saturated carbocycles. The zero-order chi connectivity index (χ0) is 14.7. The van der Waals surface area contributed by atoms with Crippen molar-refractivity contribution in [2.24, 2.45) is 5.16 Å². The smallest absolute Gasteiger partial charge is 0.318 e. The Hall–Kier alpha value is -2.88. The van der Waals surface area contributed by atoms with Crippen molar-refractivity contribution in [3.63, 3.8) is 0 Å². The Kier molecular flexibility index (Phi) is 3.51. The summed E-state index contributed by atoms with van der Waals surface area (Å²) in [4.78, 5) is 15.7. The molecule has 3 rings (SSSR count). The Morgan fingerprint density at radius 1 is 1.00 bits per heavy atom. The van der Waals surface area contributed by atoms with Gasteiger partial charge < -0.3 is 9.40 Å². The fourth-order valence-electron chi connectivity index (χ4n) is 2.22. The number of nitrogens with zero attached hydrogens (tertiary/aromatic N) is 2. The zero-order valence-corrected chi connectivity index (χ0v) is 11.6. The van der Waals surface area contributed by atoms with Gasteiger partial charge in [0.25, 0.3) is 0 Å². The molecule has 104 valence electrons. The first-order valence-corrected chi connectivity index (χ1v) is 6.63. The molecule has 1 aromatic heterocycles. The van der Waals surface area contributed by atoms with Gasteiger partial charge in [0.2, 0.25) is 0 Å². The first-order valence-electron chi connectivity index (χ1n) is 6.63. The topological polar surface area (TPSA) is 43.6 Å². The van der Waals surface area contributed by atoms with E-state index in [0.29, 0.717) is 5.36 Å². The predicted octanol–water partition coefficient (Wildman–Crippen LogP) is 3.01. The lowest BCUT2D eigenvalue weighted by Gasteiger charge is -2.11. The summed E-state index contributed by atoms with van der Waals surface area (Å²) in [5.41, 5.74) is 2.06. The lowest BCUT2D eigenvalue weighted by atomic mass is 10.2. The molecular weight excluding hydrogens is 264 g/mol. The maximum atomic E-state index is 10.9. The highest BCUT2D eigenvalue weighted by Crippen LogP contribution is 2.15. The average molecular weight is 278 g/mol. The van der Waals surface area contributed by atoms with Crippen molar-refractivity contribution in [1.29, 1.82) is 0 Å². The molecule has 0 spiro atoms. The van der Waals surface area contributed by atoms with Crippen LogP contribution in [0.1, 0.15) is 6.92 Å². The minimum atomic E-state index is -0.432. The van der Waals surface area contributed by atoms with Crippen LogP contribution in [0.2, 0.25) is 0 Å². The molecule has 21 heavy (non-hydrogen) atoms. The van der Waals surface area contributed by atoms with Crippen LogP contribution in [0.3, 0.4) is 0 Å². The number of carbonyl (C=O) groups excluding carboxylic acids is 1. The fourth-order valence-corrected chi connectivity index (χ4v) is 2.22. The highest BCUT2D eigenvalue weighted by atomic mass is 16.7. The van der Waals surface area contributed by atoms with Crippen molar-refractivity contribution >= 4 is 16.9 Å². The predicted molar refractivity (Wildman–Crippen MR) is 80.6 cm³/mol. The summed E-state index contributed by atoms with van der Waals surface area (Å²) >= 11 is 0. The molecule has 4 nitrogen and oxygen atoms in total. The molecule has 0 atom stereocenters. The molecule has 0 radical (unpaired) electrons. The van der Waals surface area contributed by atoms with Crippen LogP contribution in [-0.2, 0) is 9.63 Å². The third kappa shape index (κ3) is 2.69. The van der Waals surface area contributed by atoms with E-state index in [9.17, 15) is 4.79 Å². The summed E-state index contributed by atoms with van der Waals surface area (Å²) in [5.74, 6) is -0.432. The largest absolute Gasteiger partial charge is 0.332 e. The zero-order valence-electron chi connectivity index (χ0n) is 11.6. The van der Waals surface area contributed by atoms with E-state index in [1.54, 1.807) is 0 Å². The number of para-hydroxylation sites is 2. The number of carbonyl (C=O) groups is 1. The number of hydrogen-bond donors (Lipinski definition) is 0. The number of hydrogen-bond acceptors (Lipinski definition) is 3. The van der Waals surface area contributed by atoms with Gasteiger partial charge in [0.1, 0.15) is 5.36 Å². The van der Waals surface area contributed by atoms with Gasteiger partial charge in [0.15, 0.2) is 0 Å². The minimum absolute atomic E-state index is 0.432. The van der Waals surface area contributed by atoms with Gasteiger partial charge in [-0.15, -0.1) is 0 Å². The van der Waals surface area contributed by atoms with Gasteiger partial charge in [-0.25, -0.2) is 4.79 Å². The number of rotatable bonds is 2. The summed E-state index contributed by atoms with van der Waals surface area (Å²) in [6.45, 7) is 1.33. The molecule has 0 aliphatic carbocycles. The summed E-state index contributed by atoms with van der Waals surface area (Å²) < 4.78 is 2.07. The Morgan fingerprint density at radius 2 is 1.71 bits per heavy atom. The van der Waals surface area contributed by atoms with Gasteiger partial charge in [0.05, 0.1) is 5.52 Å². The third-order valence-electron chi connectivity index (χ3n) is 3.13. The number of fused-ring (bicyclic) bond motifs is 1. The van der Waals surface area contributed by atoms with Gasteiger partial charge in [-0.3, -0.25) is 0 Å². The summed E-state index contributed by atoms with van der Waals surface area (Å²) in [5, 5.41) is 5.46. The Morgan fingerprint density at radius 3 is 2.48 bits per heavy atom. The van der Waals surface area contributed by atoms with Crippen LogP contribution in [0.15, 0.2) is 72.0 Å². The monoisotopic (exact) mass is 278 g/mol. The second-order valence-electron chi connectivity index (χ2n) is 4.60. The molecule has 0 fully saturated rings. The molecule has 4 heteroatoms. The molecule has 0 amide bonds. The van der Waals surface area contributed by atoms with Crippen molar-refractivity contribution < 1.29 is 9.63 Å². The first kappa shape index (κ1) is 13.1. The van der Waals surface area contributed by atoms with Gasteiger partial charge in [0, 0.05) is 24.2 Å². The standard InChI is InChI=1S/C17H14N2O2/c1-13(20)21-18-16-11-12-19(14-7-3-2-4-8-14)17-10-6-5-9-15(16)17/h2-12H,1H3/b18-16+. The first-order chi connectivity index (χ1) is 10.3. The molecule has 3 aromatic rings. The van der Waals surface area contributed by atoms with E-state index in [-0.39, 0.29) is 0 Å². The minimum Gasteiger partial charge on any atom is -0.318 e. The molecule has 2 aromatic carbocycles. The Bertz CT molecular complexity index is 851. The molecule has 0 aliphatic rings. The van der Waals surface area contributed by atoms with Crippen LogP contribution >= 0.6 is 0 Å². The van der Waals surface area contributed by atoms with Gasteiger partial charge >= 0.3 is 5.97 Å². The summed E-state index contributed by atoms with van der Waals surface area (Å²) in [7, 11) is 0. The second kappa shape index (κ2) is 5.63. The summed E-state index contributed by atoms with van der Waals surface area (Å²) in [6, 6.07) is 19.7. The molecular formula is C17H14N2O2. The van der Waals surface area contributed by atoms with Gasteiger partial charge in [-0.05, 0) is 24.3 Å². The van der Waals surface area contributed by atoms with Crippen LogP contribution in [0.25, 0.3) is 16.6 Å². The number of aromatic nitrogens is 1. The van der Waals surface area contributed by atoms with Crippen LogP contribution in [-0.4, -0.2) is 10.5 Å². The van der Waals surface area contributed by atoms with E-state index in [4.69, 9.17) is 4.84 Å². The molecule has 1 heterocycles. The van der Waals surface area contributed by atoms with E-state index < -0.39 is 5.97 Å². The molecule has 0 bridgehead atoms. The van der Waals surface area contributed by atoms with Crippen molar-refractivity contribution in [2.45, 2.75) is 6.92 Å². The maximum Gasteiger partial charge on any atom is 0.332 e. The lowest BCUT2D eigenvalue weighted by Crippen LogP contribution is -2.10. The average Bonchev–Trinajstić information content (AvgIpc) is 2.53. The Balaban J connectivity index is 2.25. The lowest BCUT2D eigenvalue weighted by molar-refractivity contribution is -0.141. The van der Waals surface area contributed by atoms with Crippen molar-refractivity contribution in [3.05, 3.63) is 72.2 Å². The van der Waals surface area contributed by atoms with E-state index in [0.717, 1.165) is 16.6 Å². The Labute approximate surface area is 121 Å². The highest BCUT2D eigenvalue weighted by molar-refractivity contribution is 5.80. The SMILES string of the molecule is CC(=O)O/N=c1\ccn(-c2ccccc2)c2ccccc12.